The predicted molar refractivity (Wildman–Crippen MR) is 96.8 cm³/mol. The van der Waals surface area contributed by atoms with E-state index in [-0.39, 0.29) is 35.5 Å². The summed E-state index contributed by atoms with van der Waals surface area (Å²) < 4.78 is 5.57. The van der Waals surface area contributed by atoms with Gasteiger partial charge in [0.15, 0.2) is 0 Å². The predicted octanol–water partition coefficient (Wildman–Crippen LogP) is 3.13. The van der Waals surface area contributed by atoms with Crippen LogP contribution in [0, 0.1) is 35.5 Å². The molecule has 5 nitrogen and oxygen atoms in total. The Morgan fingerprint density at radius 2 is 1.85 bits per heavy atom. The largest absolute Gasteiger partial charge is 0.493 e. The Balaban J connectivity index is 1.44. The van der Waals surface area contributed by atoms with E-state index in [0.29, 0.717) is 34.8 Å². The number of hydrogen-bond acceptors (Lipinski definition) is 4. The third-order valence-electron chi connectivity index (χ3n) is 6.22. The zero-order valence-electron chi connectivity index (χ0n) is 14.3. The fraction of sp³-hybridized carbons (Fsp3) is 0.450. The van der Waals surface area contributed by atoms with Gasteiger partial charge < -0.3 is 4.74 Å². The Bertz CT molecular complexity index is 829. The zero-order valence-corrected chi connectivity index (χ0v) is 15.1. The van der Waals surface area contributed by atoms with E-state index < -0.39 is 0 Å². The van der Waals surface area contributed by atoms with E-state index in [1.807, 2.05) is 6.92 Å². The van der Waals surface area contributed by atoms with E-state index in [2.05, 4.69) is 17.3 Å². The van der Waals surface area contributed by atoms with Gasteiger partial charge in [0.25, 0.3) is 11.8 Å². The van der Waals surface area contributed by atoms with Gasteiger partial charge in [0.05, 0.1) is 24.7 Å². The van der Waals surface area contributed by atoms with Crippen molar-refractivity contribution in [3.8, 4) is 5.75 Å². The highest BCUT2D eigenvalue weighted by Crippen LogP contribution is 2.65. The Morgan fingerprint density at radius 3 is 2.46 bits per heavy atom. The summed E-state index contributed by atoms with van der Waals surface area (Å²) in [6, 6.07) is 5.22. The minimum Gasteiger partial charge on any atom is -0.493 e. The van der Waals surface area contributed by atoms with Gasteiger partial charge in [-0.15, -0.1) is 0 Å². The van der Waals surface area contributed by atoms with Crippen LogP contribution in [0.4, 0.5) is 0 Å². The third kappa shape index (κ3) is 2.19. The van der Waals surface area contributed by atoms with Crippen LogP contribution < -0.4 is 4.74 Å². The number of nitrogens with zero attached hydrogens (tertiary/aromatic N) is 2. The molecule has 6 heteroatoms. The highest BCUT2D eigenvalue weighted by molar-refractivity contribution is 6.31. The van der Waals surface area contributed by atoms with Gasteiger partial charge in [-0.1, -0.05) is 23.8 Å². The zero-order chi connectivity index (χ0) is 18.0. The lowest BCUT2D eigenvalue weighted by molar-refractivity contribution is -0.140. The molecule has 0 aromatic heterocycles. The van der Waals surface area contributed by atoms with Crippen LogP contribution in [-0.2, 0) is 9.59 Å². The molecule has 2 saturated carbocycles. The Kier molecular flexibility index (Phi) is 3.51. The van der Waals surface area contributed by atoms with Gasteiger partial charge >= 0.3 is 0 Å². The minimum absolute atomic E-state index is 0.166. The first-order chi connectivity index (χ1) is 12.6. The van der Waals surface area contributed by atoms with Gasteiger partial charge in [-0.2, -0.15) is 10.1 Å². The number of carbonyl (C=O) groups excluding carboxylic acids is 2. The highest BCUT2D eigenvalue weighted by atomic mass is 35.5. The monoisotopic (exact) mass is 370 g/mol. The summed E-state index contributed by atoms with van der Waals surface area (Å²) in [5.41, 5.74) is 0.652. The fourth-order valence-electron chi connectivity index (χ4n) is 5.08. The molecule has 1 heterocycles. The van der Waals surface area contributed by atoms with Crippen LogP contribution in [0.5, 0.6) is 5.75 Å². The van der Waals surface area contributed by atoms with Crippen molar-refractivity contribution in [2.45, 2.75) is 13.3 Å². The molecular weight excluding hydrogens is 352 g/mol. The molecule has 0 N–H and O–H groups in total. The number of ether oxygens (including phenoxy) is 1. The molecule has 6 atom stereocenters. The van der Waals surface area contributed by atoms with E-state index in [1.165, 1.54) is 6.21 Å². The summed E-state index contributed by atoms with van der Waals surface area (Å²) in [6.45, 7) is 2.40. The molecule has 6 rings (SSSR count). The van der Waals surface area contributed by atoms with Gasteiger partial charge in [0, 0.05) is 10.6 Å². The lowest BCUT2D eigenvalue weighted by Crippen LogP contribution is -2.40. The second-order valence-electron chi connectivity index (χ2n) is 7.50. The Labute approximate surface area is 156 Å². The minimum atomic E-state index is -0.232. The molecule has 4 aliphatic carbocycles. The summed E-state index contributed by atoms with van der Waals surface area (Å²) in [7, 11) is 0. The van der Waals surface area contributed by atoms with E-state index >= 15 is 0 Å². The maximum atomic E-state index is 12.9. The second kappa shape index (κ2) is 5.68. The first-order valence-corrected chi connectivity index (χ1v) is 9.50. The van der Waals surface area contributed by atoms with Crippen molar-refractivity contribution in [3.63, 3.8) is 0 Å². The molecule has 0 spiro atoms. The van der Waals surface area contributed by atoms with Crippen LogP contribution in [0.1, 0.15) is 18.9 Å². The first-order valence-electron chi connectivity index (χ1n) is 9.12. The maximum Gasteiger partial charge on any atom is 0.254 e. The molecular formula is C20H19ClN2O3. The van der Waals surface area contributed by atoms with Crippen LogP contribution in [0.3, 0.4) is 0 Å². The molecule has 5 aliphatic rings. The van der Waals surface area contributed by atoms with Gasteiger partial charge in [-0.3, -0.25) is 9.59 Å². The van der Waals surface area contributed by atoms with Crippen LogP contribution in [0.15, 0.2) is 35.5 Å². The van der Waals surface area contributed by atoms with E-state index in [4.69, 9.17) is 16.3 Å². The van der Waals surface area contributed by atoms with Gasteiger partial charge in [0.2, 0.25) is 0 Å². The molecule has 26 heavy (non-hydrogen) atoms. The topological polar surface area (TPSA) is 59.0 Å². The Hall–Kier alpha value is -2.14. The van der Waals surface area contributed by atoms with E-state index in [1.54, 1.807) is 18.2 Å². The number of carbonyl (C=O) groups is 2. The second-order valence-corrected chi connectivity index (χ2v) is 7.94. The molecule has 1 aromatic rings. The smallest absolute Gasteiger partial charge is 0.254 e. The van der Waals surface area contributed by atoms with Gasteiger partial charge in [-0.05, 0) is 55.2 Å². The number of allylic oxidation sites excluding steroid dienone is 2. The molecule has 1 saturated heterocycles. The molecule has 3 fully saturated rings. The number of amides is 2. The van der Waals surface area contributed by atoms with E-state index in [0.717, 1.165) is 11.4 Å². The summed E-state index contributed by atoms with van der Waals surface area (Å²) >= 11 is 6.06. The lowest BCUT2D eigenvalue weighted by atomic mass is 9.63. The van der Waals surface area contributed by atoms with Crippen LogP contribution in [0.2, 0.25) is 5.02 Å². The van der Waals surface area contributed by atoms with Crippen molar-refractivity contribution in [3.05, 3.63) is 40.9 Å². The van der Waals surface area contributed by atoms with Gasteiger partial charge in [-0.25, -0.2) is 0 Å². The third-order valence-corrected chi connectivity index (χ3v) is 6.46. The van der Waals surface area contributed by atoms with Crippen LogP contribution in [0.25, 0.3) is 0 Å². The SMILES string of the molecule is CCOc1ccc(Cl)cc1/C=N\N1C(=O)[C@@H]2[C@H]3C=C[C@@H]([C@@H]4C[C@@H]34)[C@@H]2C1=O. The summed E-state index contributed by atoms with van der Waals surface area (Å²) in [6.07, 6.45) is 6.96. The number of benzene rings is 1. The normalized spacial score (nSPS) is 36.6. The van der Waals surface area contributed by atoms with Crippen molar-refractivity contribution in [1.82, 2.24) is 5.01 Å². The number of hydrazone groups is 1. The van der Waals surface area contributed by atoms with Crippen molar-refractivity contribution >= 4 is 29.6 Å². The fourth-order valence-corrected chi connectivity index (χ4v) is 5.26. The summed E-state index contributed by atoms with van der Waals surface area (Å²) in [5, 5.41) is 5.86. The summed E-state index contributed by atoms with van der Waals surface area (Å²) in [5.74, 6) is 1.41. The van der Waals surface area contributed by atoms with Crippen molar-refractivity contribution in [2.75, 3.05) is 6.61 Å². The summed E-state index contributed by atoms with van der Waals surface area (Å²) in [4.78, 5) is 25.8. The van der Waals surface area contributed by atoms with Crippen molar-refractivity contribution in [1.29, 1.82) is 0 Å². The van der Waals surface area contributed by atoms with E-state index in [9.17, 15) is 9.59 Å². The molecule has 134 valence electrons. The number of halogens is 1. The molecule has 2 bridgehead atoms. The quantitative estimate of drug-likeness (QED) is 0.465. The average molecular weight is 371 g/mol. The Morgan fingerprint density at radius 1 is 1.19 bits per heavy atom. The molecule has 1 aliphatic heterocycles. The van der Waals surface area contributed by atoms with Crippen molar-refractivity contribution < 1.29 is 14.3 Å². The molecule has 0 radical (unpaired) electrons. The highest BCUT2D eigenvalue weighted by Gasteiger charge is 2.67. The standard InChI is InChI=1S/C20H19ClN2O3/c1-2-26-16-6-3-11(21)7-10(16)9-22-23-19(24)17-12-4-5-13(15-8-14(12)15)18(17)20(23)25/h3-7,9,12-15,17-18H,2,8H2,1H3/b22-9-/t12-,13-,14-,15-,17-,18+/m0/s1. The molecule has 2 amide bonds. The van der Waals surface area contributed by atoms with Crippen molar-refractivity contribution in [2.24, 2.45) is 40.6 Å². The first kappa shape index (κ1) is 16.1. The maximum absolute atomic E-state index is 12.9. The molecule has 1 aromatic carbocycles. The van der Waals surface area contributed by atoms with Crippen LogP contribution >= 0.6 is 11.6 Å². The number of imide groups is 1. The molecule has 0 unspecified atom stereocenters. The van der Waals surface area contributed by atoms with Crippen LogP contribution in [-0.4, -0.2) is 29.6 Å². The number of hydrogen-bond donors (Lipinski definition) is 0. The van der Waals surface area contributed by atoms with Gasteiger partial charge in [0.1, 0.15) is 5.75 Å². The number of rotatable bonds is 4. The lowest BCUT2D eigenvalue weighted by Gasteiger charge is -2.37. The average Bonchev–Trinajstić information content (AvgIpc) is 3.41.